The SMILES string of the molecule is CC(C)[C@H](C)c1ccc2ccc(=O)n(C)c2c1. The minimum Gasteiger partial charge on any atom is -0.311 e. The van der Waals surface area contributed by atoms with Crippen LogP contribution in [0.5, 0.6) is 0 Å². The first-order valence-corrected chi connectivity index (χ1v) is 6.10. The third-order valence-electron chi connectivity index (χ3n) is 3.68. The van der Waals surface area contributed by atoms with Crippen LogP contribution < -0.4 is 5.56 Å². The van der Waals surface area contributed by atoms with Crippen molar-refractivity contribution in [1.82, 2.24) is 4.57 Å². The third kappa shape index (κ3) is 2.12. The molecule has 2 heteroatoms. The first-order chi connectivity index (χ1) is 8.00. The molecule has 2 aromatic rings. The minimum atomic E-state index is 0.0480. The fraction of sp³-hybridized carbons (Fsp3) is 0.400. The molecule has 0 saturated heterocycles. The number of hydrogen-bond donors (Lipinski definition) is 0. The summed E-state index contributed by atoms with van der Waals surface area (Å²) in [5, 5.41) is 1.12. The lowest BCUT2D eigenvalue weighted by atomic mass is 9.90. The molecular formula is C15H19NO. The van der Waals surface area contributed by atoms with E-state index in [9.17, 15) is 4.79 Å². The van der Waals surface area contributed by atoms with Gasteiger partial charge in [0.15, 0.2) is 0 Å². The van der Waals surface area contributed by atoms with Gasteiger partial charge in [0.25, 0.3) is 5.56 Å². The topological polar surface area (TPSA) is 22.0 Å². The van der Waals surface area contributed by atoms with E-state index in [1.165, 1.54) is 5.56 Å². The predicted octanol–water partition coefficient (Wildman–Crippen LogP) is 3.30. The van der Waals surface area contributed by atoms with Crippen molar-refractivity contribution in [3.8, 4) is 0 Å². The van der Waals surface area contributed by atoms with E-state index in [1.807, 2.05) is 13.1 Å². The Hall–Kier alpha value is -1.57. The molecule has 1 aromatic carbocycles. The van der Waals surface area contributed by atoms with Gasteiger partial charge in [-0.1, -0.05) is 32.9 Å². The molecule has 1 atom stereocenters. The van der Waals surface area contributed by atoms with Crippen molar-refractivity contribution >= 4 is 10.9 Å². The molecule has 90 valence electrons. The van der Waals surface area contributed by atoms with E-state index in [-0.39, 0.29) is 5.56 Å². The van der Waals surface area contributed by atoms with Gasteiger partial charge in [-0.15, -0.1) is 0 Å². The number of aromatic nitrogens is 1. The Morgan fingerprint density at radius 3 is 2.35 bits per heavy atom. The van der Waals surface area contributed by atoms with E-state index in [1.54, 1.807) is 10.6 Å². The summed E-state index contributed by atoms with van der Waals surface area (Å²) in [6.07, 6.45) is 0. The van der Waals surface area contributed by atoms with Crippen molar-refractivity contribution in [3.05, 3.63) is 46.2 Å². The van der Waals surface area contributed by atoms with Gasteiger partial charge in [-0.2, -0.15) is 0 Å². The fourth-order valence-corrected chi connectivity index (χ4v) is 2.05. The van der Waals surface area contributed by atoms with Crippen LogP contribution in [0.2, 0.25) is 0 Å². The summed E-state index contributed by atoms with van der Waals surface area (Å²) >= 11 is 0. The van der Waals surface area contributed by atoms with Gasteiger partial charge < -0.3 is 4.57 Å². The van der Waals surface area contributed by atoms with Crippen molar-refractivity contribution in [2.75, 3.05) is 0 Å². The van der Waals surface area contributed by atoms with E-state index in [4.69, 9.17) is 0 Å². The van der Waals surface area contributed by atoms with Crippen molar-refractivity contribution < 1.29 is 0 Å². The number of rotatable bonds is 2. The predicted molar refractivity (Wildman–Crippen MR) is 72.4 cm³/mol. The number of aryl methyl sites for hydroxylation is 1. The van der Waals surface area contributed by atoms with E-state index in [2.05, 4.69) is 39.0 Å². The van der Waals surface area contributed by atoms with Crippen LogP contribution in [0.4, 0.5) is 0 Å². The number of pyridine rings is 1. The Morgan fingerprint density at radius 2 is 1.71 bits per heavy atom. The Balaban J connectivity index is 2.64. The number of nitrogens with zero attached hydrogens (tertiary/aromatic N) is 1. The van der Waals surface area contributed by atoms with Gasteiger partial charge in [-0.05, 0) is 34.9 Å². The molecule has 0 saturated carbocycles. The Morgan fingerprint density at radius 1 is 1.06 bits per heavy atom. The van der Waals surface area contributed by atoms with Crippen LogP contribution >= 0.6 is 0 Å². The van der Waals surface area contributed by atoms with Crippen LogP contribution in [0.3, 0.4) is 0 Å². The highest BCUT2D eigenvalue weighted by atomic mass is 16.1. The highest BCUT2D eigenvalue weighted by Crippen LogP contribution is 2.26. The maximum atomic E-state index is 11.6. The molecule has 0 radical (unpaired) electrons. The van der Waals surface area contributed by atoms with Gasteiger partial charge >= 0.3 is 0 Å². The van der Waals surface area contributed by atoms with Crippen LogP contribution in [0, 0.1) is 5.92 Å². The summed E-state index contributed by atoms with van der Waals surface area (Å²) in [5.74, 6) is 1.11. The molecular weight excluding hydrogens is 210 g/mol. The standard InChI is InChI=1S/C15H19NO/c1-10(2)11(3)13-6-5-12-7-8-15(17)16(4)14(12)9-13/h5-11H,1-4H3/t11-/m0/s1. The second kappa shape index (κ2) is 4.36. The van der Waals surface area contributed by atoms with Crippen molar-refractivity contribution in [1.29, 1.82) is 0 Å². The molecule has 0 spiro atoms. The smallest absolute Gasteiger partial charge is 0.250 e. The maximum Gasteiger partial charge on any atom is 0.250 e. The number of hydrogen-bond acceptors (Lipinski definition) is 1. The van der Waals surface area contributed by atoms with Crippen LogP contribution in [-0.4, -0.2) is 4.57 Å². The van der Waals surface area contributed by atoms with Gasteiger partial charge in [-0.3, -0.25) is 4.79 Å². The molecule has 0 unspecified atom stereocenters. The van der Waals surface area contributed by atoms with Gasteiger partial charge in [0.1, 0.15) is 0 Å². The Kier molecular flexibility index (Phi) is 3.05. The molecule has 17 heavy (non-hydrogen) atoms. The molecule has 0 N–H and O–H groups in total. The zero-order chi connectivity index (χ0) is 12.6. The maximum absolute atomic E-state index is 11.6. The highest BCUT2D eigenvalue weighted by Gasteiger charge is 2.11. The number of fused-ring (bicyclic) bond motifs is 1. The van der Waals surface area contributed by atoms with Crippen LogP contribution in [0.25, 0.3) is 10.9 Å². The summed E-state index contributed by atoms with van der Waals surface area (Å²) in [4.78, 5) is 11.6. The third-order valence-corrected chi connectivity index (χ3v) is 3.68. The van der Waals surface area contributed by atoms with Crippen LogP contribution in [0.15, 0.2) is 35.1 Å². The first-order valence-electron chi connectivity index (χ1n) is 6.10. The van der Waals surface area contributed by atoms with E-state index < -0.39 is 0 Å². The zero-order valence-electron chi connectivity index (χ0n) is 10.9. The monoisotopic (exact) mass is 229 g/mol. The van der Waals surface area contributed by atoms with E-state index in [0.29, 0.717) is 11.8 Å². The van der Waals surface area contributed by atoms with Crippen molar-refractivity contribution in [2.45, 2.75) is 26.7 Å². The molecule has 0 fully saturated rings. The molecule has 1 aromatic heterocycles. The lowest BCUT2D eigenvalue weighted by Crippen LogP contribution is -2.15. The van der Waals surface area contributed by atoms with Gasteiger partial charge in [0, 0.05) is 13.1 Å². The summed E-state index contributed by atoms with van der Waals surface area (Å²) in [7, 11) is 1.83. The summed E-state index contributed by atoms with van der Waals surface area (Å²) in [5.41, 5.74) is 2.36. The number of benzene rings is 1. The van der Waals surface area contributed by atoms with Gasteiger partial charge in [-0.25, -0.2) is 0 Å². The Bertz CT molecular complexity index is 595. The molecule has 0 aliphatic carbocycles. The average Bonchev–Trinajstić information content (AvgIpc) is 2.32. The molecule has 0 aliphatic heterocycles. The lowest BCUT2D eigenvalue weighted by Gasteiger charge is -2.17. The quantitative estimate of drug-likeness (QED) is 0.774. The molecule has 0 amide bonds. The molecule has 2 nitrogen and oxygen atoms in total. The summed E-state index contributed by atoms with van der Waals surface area (Å²) in [6.45, 7) is 6.67. The molecule has 0 bridgehead atoms. The highest BCUT2D eigenvalue weighted by molar-refractivity contribution is 5.79. The summed E-state index contributed by atoms with van der Waals surface area (Å²) < 4.78 is 1.71. The molecule has 2 rings (SSSR count). The zero-order valence-corrected chi connectivity index (χ0v) is 10.9. The van der Waals surface area contributed by atoms with E-state index in [0.717, 1.165) is 10.9 Å². The largest absolute Gasteiger partial charge is 0.311 e. The van der Waals surface area contributed by atoms with Gasteiger partial charge in [0.2, 0.25) is 0 Å². The second-order valence-electron chi connectivity index (χ2n) is 5.08. The lowest BCUT2D eigenvalue weighted by molar-refractivity contribution is 0.535. The van der Waals surface area contributed by atoms with E-state index >= 15 is 0 Å². The minimum absolute atomic E-state index is 0.0480. The Labute approximate surface area is 102 Å². The van der Waals surface area contributed by atoms with Crippen LogP contribution in [0.1, 0.15) is 32.3 Å². The van der Waals surface area contributed by atoms with Crippen molar-refractivity contribution in [2.24, 2.45) is 13.0 Å². The van der Waals surface area contributed by atoms with Gasteiger partial charge in [0.05, 0.1) is 5.52 Å². The first kappa shape index (κ1) is 11.9. The molecule has 0 aliphatic rings. The average molecular weight is 229 g/mol. The van der Waals surface area contributed by atoms with Crippen LogP contribution in [-0.2, 0) is 7.05 Å². The van der Waals surface area contributed by atoms with Crippen molar-refractivity contribution in [3.63, 3.8) is 0 Å². The normalized spacial score (nSPS) is 13.2. The summed E-state index contributed by atoms with van der Waals surface area (Å²) in [6, 6.07) is 9.91. The molecule has 1 heterocycles. The second-order valence-corrected chi connectivity index (χ2v) is 5.08. The fourth-order valence-electron chi connectivity index (χ4n) is 2.05.